The first-order valence-electron chi connectivity index (χ1n) is 10.8. The number of carbonyl (C=O) groups excluding carboxylic acids is 1. The van der Waals surface area contributed by atoms with Crippen molar-refractivity contribution >= 4 is 11.8 Å². The third kappa shape index (κ3) is 8.59. The average molecular weight is 460 g/mol. The van der Waals surface area contributed by atoms with Gasteiger partial charge in [-0.15, -0.1) is 13.2 Å². The van der Waals surface area contributed by atoms with Crippen LogP contribution in [0.5, 0.6) is 0 Å². The Kier molecular flexibility index (Phi) is 9.85. The van der Waals surface area contributed by atoms with Crippen LogP contribution in [0.2, 0.25) is 0 Å². The van der Waals surface area contributed by atoms with Crippen LogP contribution in [0.4, 0.5) is 18.0 Å². The van der Waals surface area contributed by atoms with Crippen molar-refractivity contribution in [1.29, 1.82) is 0 Å². The maximum absolute atomic E-state index is 13.1. The summed E-state index contributed by atoms with van der Waals surface area (Å²) < 4.78 is 49.0. The zero-order valence-corrected chi connectivity index (χ0v) is 20.3. The van der Waals surface area contributed by atoms with Crippen LogP contribution in [0.1, 0.15) is 61.8 Å². The van der Waals surface area contributed by atoms with Crippen molar-refractivity contribution < 1.29 is 27.4 Å². The van der Waals surface area contributed by atoms with Gasteiger partial charge in [0.2, 0.25) is 0 Å². The summed E-state index contributed by atoms with van der Waals surface area (Å²) in [6.45, 7) is 15.4. The zero-order chi connectivity index (χ0) is 24.7. The number of ether oxygens (including phenoxy) is 2. The molecule has 0 aromatic heterocycles. The molecule has 32 heavy (non-hydrogen) atoms. The Morgan fingerprint density at radius 2 is 1.78 bits per heavy atom. The Hall–Kier alpha value is -2.45. The number of amides is 1. The van der Waals surface area contributed by atoms with Crippen molar-refractivity contribution in [2.24, 2.45) is 4.99 Å². The van der Waals surface area contributed by atoms with E-state index in [0.29, 0.717) is 31.0 Å². The fourth-order valence-corrected chi connectivity index (χ4v) is 3.34. The third-order valence-corrected chi connectivity index (χ3v) is 4.80. The second-order valence-electron chi connectivity index (χ2n) is 8.64. The molecule has 1 aliphatic rings. The molecule has 0 bridgehead atoms. The van der Waals surface area contributed by atoms with E-state index in [1.807, 2.05) is 24.8 Å². The van der Waals surface area contributed by atoms with Gasteiger partial charge in [0, 0.05) is 43.3 Å². The first-order valence-corrected chi connectivity index (χ1v) is 10.8. The highest BCUT2D eigenvalue weighted by Crippen LogP contribution is 2.29. The van der Waals surface area contributed by atoms with Crippen LogP contribution in [-0.2, 0) is 9.47 Å². The molecule has 1 aliphatic heterocycles. The SMILES string of the molecule is C\C=C(OC(F)(F)F)/C(=C(/C)N1CCN(C(=O)OC(C)(C)C)C(C)C1)C(/C)=N/C=C/CC. The molecule has 0 aromatic carbocycles. The highest BCUT2D eigenvalue weighted by molar-refractivity contribution is 6.02. The normalized spacial score (nSPS) is 19.9. The van der Waals surface area contributed by atoms with Crippen LogP contribution in [-0.4, -0.2) is 59.2 Å². The Bertz CT molecular complexity index is 778. The standard InChI is InChI=1S/C23H36F3N3O3/c1-9-11-12-27-17(4)20(19(10-2)31-23(24,25)26)18(5)28-13-14-29(16(3)15-28)21(30)32-22(6,7)8/h10-12,16H,9,13-15H2,1-8H3/b12-11+,19-10+,20-18-,27-17+. The summed E-state index contributed by atoms with van der Waals surface area (Å²) in [5.74, 6) is -0.302. The van der Waals surface area contributed by atoms with Gasteiger partial charge in [0.05, 0.1) is 5.57 Å². The van der Waals surface area contributed by atoms with Crippen molar-refractivity contribution in [3.63, 3.8) is 0 Å². The zero-order valence-electron chi connectivity index (χ0n) is 20.3. The summed E-state index contributed by atoms with van der Waals surface area (Å²) in [5.41, 5.74) is 0.686. The van der Waals surface area contributed by atoms with E-state index in [1.165, 1.54) is 13.0 Å². The number of alkyl halides is 3. The molecule has 6 nitrogen and oxygen atoms in total. The molecule has 0 saturated carbocycles. The van der Waals surface area contributed by atoms with Crippen molar-refractivity contribution in [2.75, 3.05) is 19.6 Å². The minimum Gasteiger partial charge on any atom is -0.444 e. The fourth-order valence-electron chi connectivity index (χ4n) is 3.34. The van der Waals surface area contributed by atoms with E-state index in [0.717, 1.165) is 6.42 Å². The largest absolute Gasteiger partial charge is 0.573 e. The Morgan fingerprint density at radius 3 is 2.25 bits per heavy atom. The van der Waals surface area contributed by atoms with Gasteiger partial charge in [-0.25, -0.2) is 4.79 Å². The molecule has 0 aliphatic carbocycles. The third-order valence-electron chi connectivity index (χ3n) is 4.80. The van der Waals surface area contributed by atoms with Gasteiger partial charge in [0.15, 0.2) is 0 Å². The van der Waals surface area contributed by atoms with Gasteiger partial charge in [-0.2, -0.15) is 0 Å². The topological polar surface area (TPSA) is 54.4 Å². The van der Waals surface area contributed by atoms with Crippen molar-refractivity contribution in [3.05, 3.63) is 35.4 Å². The highest BCUT2D eigenvalue weighted by atomic mass is 19.4. The Morgan fingerprint density at radius 1 is 1.16 bits per heavy atom. The van der Waals surface area contributed by atoms with Crippen LogP contribution in [0.15, 0.2) is 40.4 Å². The molecule has 1 fully saturated rings. The summed E-state index contributed by atoms with van der Waals surface area (Å²) >= 11 is 0. The van der Waals surface area contributed by atoms with E-state index in [1.54, 1.807) is 45.7 Å². The molecule has 1 saturated heterocycles. The van der Waals surface area contributed by atoms with Gasteiger partial charge >= 0.3 is 12.5 Å². The maximum atomic E-state index is 13.1. The molecule has 0 radical (unpaired) electrons. The van der Waals surface area contributed by atoms with E-state index >= 15 is 0 Å². The van der Waals surface area contributed by atoms with E-state index in [2.05, 4.69) is 9.73 Å². The minimum atomic E-state index is -4.82. The van der Waals surface area contributed by atoms with Gasteiger partial charge < -0.3 is 19.3 Å². The monoisotopic (exact) mass is 459 g/mol. The number of aliphatic imine (C=N–C) groups is 1. The molecule has 0 aromatic rings. The summed E-state index contributed by atoms with van der Waals surface area (Å²) in [4.78, 5) is 20.4. The first-order chi connectivity index (χ1) is 14.7. The summed E-state index contributed by atoms with van der Waals surface area (Å²) in [6, 6.07) is -0.190. The summed E-state index contributed by atoms with van der Waals surface area (Å²) in [7, 11) is 0. The maximum Gasteiger partial charge on any atom is 0.573 e. The summed E-state index contributed by atoms with van der Waals surface area (Å²) in [5, 5.41) is 0. The molecule has 182 valence electrons. The van der Waals surface area contributed by atoms with Crippen LogP contribution in [0.25, 0.3) is 0 Å². The molecule has 0 N–H and O–H groups in total. The second kappa shape index (κ2) is 11.4. The van der Waals surface area contributed by atoms with Crippen LogP contribution >= 0.6 is 0 Å². The van der Waals surface area contributed by atoms with E-state index in [4.69, 9.17) is 4.74 Å². The molecule has 1 unspecified atom stereocenters. The number of piperazine rings is 1. The van der Waals surface area contributed by atoms with Gasteiger partial charge in [0.25, 0.3) is 0 Å². The number of nitrogens with zero attached hydrogens (tertiary/aromatic N) is 3. The molecule has 1 atom stereocenters. The van der Waals surface area contributed by atoms with Gasteiger partial charge in [-0.3, -0.25) is 4.99 Å². The predicted molar refractivity (Wildman–Crippen MR) is 120 cm³/mol. The number of hydrogen-bond acceptors (Lipinski definition) is 5. The lowest BCUT2D eigenvalue weighted by Crippen LogP contribution is -2.54. The smallest absolute Gasteiger partial charge is 0.444 e. The van der Waals surface area contributed by atoms with E-state index < -0.39 is 18.1 Å². The highest BCUT2D eigenvalue weighted by Gasteiger charge is 2.35. The number of halogens is 3. The van der Waals surface area contributed by atoms with Crippen LogP contribution in [0.3, 0.4) is 0 Å². The van der Waals surface area contributed by atoms with Crippen molar-refractivity contribution in [1.82, 2.24) is 9.80 Å². The van der Waals surface area contributed by atoms with Gasteiger partial charge in [-0.1, -0.05) is 13.0 Å². The number of rotatable bonds is 6. The lowest BCUT2D eigenvalue weighted by atomic mass is 10.0. The van der Waals surface area contributed by atoms with Gasteiger partial charge in [0.1, 0.15) is 11.4 Å². The Balaban J connectivity index is 3.26. The summed E-state index contributed by atoms with van der Waals surface area (Å²) in [6.07, 6.45) is 0.216. The van der Waals surface area contributed by atoms with Gasteiger partial charge in [-0.05, 0) is 61.0 Å². The van der Waals surface area contributed by atoms with Crippen LogP contribution in [0, 0.1) is 0 Å². The molecule has 9 heteroatoms. The fraction of sp³-hybridized carbons (Fsp3) is 0.652. The number of carbonyl (C=O) groups is 1. The first kappa shape index (κ1) is 27.6. The van der Waals surface area contributed by atoms with Crippen molar-refractivity contribution in [2.45, 2.75) is 79.8 Å². The lowest BCUT2D eigenvalue weighted by Gasteiger charge is -2.42. The average Bonchev–Trinajstić information content (AvgIpc) is 2.64. The molecular weight excluding hydrogens is 423 g/mol. The molecule has 0 spiro atoms. The van der Waals surface area contributed by atoms with Crippen molar-refractivity contribution in [3.8, 4) is 0 Å². The molecule has 1 heterocycles. The van der Waals surface area contributed by atoms with E-state index in [-0.39, 0.29) is 17.4 Å². The quantitative estimate of drug-likeness (QED) is 0.277. The minimum absolute atomic E-state index is 0.190. The second-order valence-corrected chi connectivity index (χ2v) is 8.64. The number of hydrogen-bond donors (Lipinski definition) is 0. The molecule has 1 rings (SSSR count). The molecular formula is C23H36F3N3O3. The van der Waals surface area contributed by atoms with Crippen LogP contribution < -0.4 is 0 Å². The Labute approximate surface area is 189 Å². The number of allylic oxidation sites excluding steroid dienone is 4. The lowest BCUT2D eigenvalue weighted by molar-refractivity contribution is -0.303. The predicted octanol–water partition coefficient (Wildman–Crippen LogP) is 6.03. The molecule has 1 amide bonds. The van der Waals surface area contributed by atoms with E-state index in [9.17, 15) is 18.0 Å².